The molecule has 0 aromatic heterocycles. The van der Waals surface area contributed by atoms with Gasteiger partial charge in [0, 0.05) is 19.1 Å². The molecule has 0 spiro atoms. The molecule has 6 atom stereocenters. The van der Waals surface area contributed by atoms with E-state index in [1.165, 1.54) is 0 Å². The fourth-order valence-electron chi connectivity index (χ4n) is 6.04. The van der Waals surface area contributed by atoms with E-state index in [-0.39, 0.29) is 35.8 Å². The topological polar surface area (TPSA) is 105 Å². The van der Waals surface area contributed by atoms with Crippen LogP contribution >= 0.6 is 0 Å². The lowest BCUT2D eigenvalue weighted by molar-refractivity contribution is -0.164. The molecule has 4 aliphatic rings. The number of amides is 3. The van der Waals surface area contributed by atoms with Crippen molar-refractivity contribution in [2.75, 3.05) is 13.1 Å². The van der Waals surface area contributed by atoms with Crippen LogP contribution in [0.25, 0.3) is 0 Å². The SMILES string of the molecule is CC(C)(C)OC(=O)[C@@H]1CCCN1C(=O)N[C@@H]1[C@H](C(=O)N2CCC[C@H]2C(=O)OC(C)(C)C)[C@@H]2C=C[C@H]1C2. The Kier molecular flexibility index (Phi) is 7.14. The fourth-order valence-corrected chi connectivity index (χ4v) is 6.04. The van der Waals surface area contributed by atoms with Crippen LogP contribution in [0.4, 0.5) is 4.79 Å². The summed E-state index contributed by atoms with van der Waals surface area (Å²) in [6, 6.07) is -1.93. The zero-order chi connectivity index (χ0) is 26.4. The number of ether oxygens (including phenoxy) is 2. The number of likely N-dealkylation sites (tertiary alicyclic amines) is 2. The van der Waals surface area contributed by atoms with Crippen molar-refractivity contribution >= 4 is 23.9 Å². The van der Waals surface area contributed by atoms with Crippen LogP contribution in [0.1, 0.15) is 73.6 Å². The number of allylic oxidation sites excluding steroid dienone is 1. The van der Waals surface area contributed by atoms with Crippen LogP contribution in [0, 0.1) is 17.8 Å². The third-order valence-electron chi connectivity index (χ3n) is 7.44. The van der Waals surface area contributed by atoms with Crippen molar-refractivity contribution < 1.29 is 28.7 Å². The number of hydrogen-bond acceptors (Lipinski definition) is 6. The molecule has 9 nitrogen and oxygen atoms in total. The van der Waals surface area contributed by atoms with Gasteiger partial charge in [-0.15, -0.1) is 0 Å². The first-order valence-corrected chi connectivity index (χ1v) is 13.3. The summed E-state index contributed by atoms with van der Waals surface area (Å²) in [6.07, 6.45) is 7.54. The first-order chi connectivity index (χ1) is 16.7. The second kappa shape index (κ2) is 9.71. The molecule has 2 aliphatic carbocycles. The van der Waals surface area contributed by atoms with E-state index in [2.05, 4.69) is 17.5 Å². The maximum Gasteiger partial charge on any atom is 0.329 e. The third-order valence-corrected chi connectivity index (χ3v) is 7.44. The summed E-state index contributed by atoms with van der Waals surface area (Å²) in [5, 5.41) is 3.10. The summed E-state index contributed by atoms with van der Waals surface area (Å²) in [5.74, 6) is -1.23. The summed E-state index contributed by atoms with van der Waals surface area (Å²) >= 11 is 0. The molecule has 0 radical (unpaired) electrons. The maximum absolute atomic E-state index is 13.8. The molecular weight excluding hydrogens is 462 g/mol. The van der Waals surface area contributed by atoms with E-state index < -0.39 is 35.2 Å². The average molecular weight is 504 g/mol. The number of esters is 2. The van der Waals surface area contributed by atoms with Crippen LogP contribution in [0.5, 0.6) is 0 Å². The van der Waals surface area contributed by atoms with E-state index in [9.17, 15) is 19.2 Å². The van der Waals surface area contributed by atoms with Crippen LogP contribution in [-0.2, 0) is 23.9 Å². The van der Waals surface area contributed by atoms with Crippen LogP contribution in [-0.4, -0.2) is 76.1 Å². The molecule has 4 rings (SSSR count). The molecule has 0 aromatic carbocycles. The summed E-state index contributed by atoms with van der Waals surface area (Å²) in [7, 11) is 0. The molecule has 0 aromatic rings. The number of fused-ring (bicyclic) bond motifs is 2. The Bertz CT molecular complexity index is 933. The van der Waals surface area contributed by atoms with Gasteiger partial charge in [-0.3, -0.25) is 4.79 Å². The molecule has 36 heavy (non-hydrogen) atoms. The molecule has 2 saturated heterocycles. The number of nitrogens with zero attached hydrogens (tertiary/aromatic N) is 2. The lowest BCUT2D eigenvalue weighted by Gasteiger charge is -2.35. The molecule has 9 heteroatoms. The zero-order valence-electron chi connectivity index (χ0n) is 22.4. The second-order valence-corrected chi connectivity index (χ2v) is 12.6. The Balaban J connectivity index is 1.46. The fraction of sp³-hybridized carbons (Fsp3) is 0.778. The number of hydrogen-bond donors (Lipinski definition) is 1. The summed E-state index contributed by atoms with van der Waals surface area (Å²) in [4.78, 5) is 55.9. The van der Waals surface area contributed by atoms with E-state index in [1.54, 1.807) is 9.80 Å². The highest BCUT2D eigenvalue weighted by Crippen LogP contribution is 2.45. The Morgan fingerprint density at radius 3 is 1.83 bits per heavy atom. The van der Waals surface area contributed by atoms with Gasteiger partial charge in [0.1, 0.15) is 23.3 Å². The van der Waals surface area contributed by atoms with Crippen LogP contribution in [0.3, 0.4) is 0 Å². The molecule has 0 unspecified atom stereocenters. The minimum Gasteiger partial charge on any atom is -0.458 e. The van der Waals surface area contributed by atoms with E-state index in [1.807, 2.05) is 41.5 Å². The van der Waals surface area contributed by atoms with Crippen molar-refractivity contribution in [1.29, 1.82) is 0 Å². The quantitative estimate of drug-likeness (QED) is 0.467. The average Bonchev–Trinajstić information content (AvgIpc) is 3.54. The summed E-state index contributed by atoms with van der Waals surface area (Å²) in [5.41, 5.74) is -1.25. The van der Waals surface area contributed by atoms with E-state index >= 15 is 0 Å². The van der Waals surface area contributed by atoms with E-state index in [0.717, 1.165) is 19.3 Å². The maximum atomic E-state index is 13.8. The zero-order valence-corrected chi connectivity index (χ0v) is 22.4. The van der Waals surface area contributed by atoms with Gasteiger partial charge in [-0.2, -0.15) is 0 Å². The Morgan fingerprint density at radius 1 is 0.778 bits per heavy atom. The number of rotatable bonds is 4. The van der Waals surface area contributed by atoms with Crippen LogP contribution in [0.2, 0.25) is 0 Å². The summed E-state index contributed by atoms with van der Waals surface area (Å²) in [6.45, 7) is 11.9. The molecule has 1 saturated carbocycles. The Hall–Kier alpha value is -2.58. The predicted octanol–water partition coefficient (Wildman–Crippen LogP) is 3.03. The largest absolute Gasteiger partial charge is 0.458 e. The molecule has 200 valence electrons. The van der Waals surface area contributed by atoms with Gasteiger partial charge in [0.25, 0.3) is 0 Å². The smallest absolute Gasteiger partial charge is 0.329 e. The third kappa shape index (κ3) is 5.54. The van der Waals surface area contributed by atoms with Crippen molar-refractivity contribution in [3.63, 3.8) is 0 Å². The van der Waals surface area contributed by atoms with Gasteiger partial charge in [-0.1, -0.05) is 12.2 Å². The van der Waals surface area contributed by atoms with Crippen molar-refractivity contribution in [2.45, 2.75) is 103 Å². The van der Waals surface area contributed by atoms with Crippen LogP contribution in [0.15, 0.2) is 12.2 Å². The van der Waals surface area contributed by atoms with E-state index in [4.69, 9.17) is 9.47 Å². The first kappa shape index (κ1) is 26.5. The van der Waals surface area contributed by atoms with E-state index in [0.29, 0.717) is 25.9 Å². The van der Waals surface area contributed by atoms with Crippen molar-refractivity contribution in [3.8, 4) is 0 Å². The number of carbonyl (C=O) groups excluding carboxylic acids is 4. The Morgan fingerprint density at radius 2 is 1.28 bits per heavy atom. The van der Waals surface area contributed by atoms with Gasteiger partial charge in [0.15, 0.2) is 0 Å². The molecule has 2 bridgehead atoms. The molecule has 3 fully saturated rings. The van der Waals surface area contributed by atoms with Gasteiger partial charge in [0.2, 0.25) is 5.91 Å². The first-order valence-electron chi connectivity index (χ1n) is 13.3. The van der Waals surface area contributed by atoms with Gasteiger partial charge in [-0.05, 0) is 85.5 Å². The lowest BCUT2D eigenvalue weighted by atomic mass is 9.87. The van der Waals surface area contributed by atoms with Gasteiger partial charge in [-0.25, -0.2) is 14.4 Å². The standard InChI is InChI=1S/C27H41N3O6/c1-26(2,3)35-23(32)18-9-7-13-29(18)22(31)20-16-11-12-17(15-16)21(20)28-25(34)30-14-8-10-19(30)24(33)36-27(4,5)6/h11-12,16-21H,7-10,13-15H2,1-6H3,(H,28,34)/t16-,17+,18+,19+,20-,21+/m1/s1. The molecule has 2 aliphatic heterocycles. The number of carbonyl (C=O) groups is 4. The minimum atomic E-state index is -0.630. The normalized spacial score (nSPS) is 31.6. The summed E-state index contributed by atoms with van der Waals surface area (Å²) < 4.78 is 11.1. The molecular formula is C27H41N3O6. The molecule has 1 N–H and O–H groups in total. The molecule has 2 heterocycles. The lowest BCUT2D eigenvalue weighted by Crippen LogP contribution is -2.56. The predicted molar refractivity (Wildman–Crippen MR) is 133 cm³/mol. The minimum absolute atomic E-state index is 0.0212. The van der Waals surface area contributed by atoms with Gasteiger partial charge in [0.05, 0.1) is 5.92 Å². The van der Waals surface area contributed by atoms with Gasteiger partial charge < -0.3 is 24.6 Å². The highest BCUT2D eigenvalue weighted by molar-refractivity contribution is 5.89. The monoisotopic (exact) mass is 503 g/mol. The van der Waals surface area contributed by atoms with Gasteiger partial charge >= 0.3 is 18.0 Å². The second-order valence-electron chi connectivity index (χ2n) is 12.6. The molecule has 3 amide bonds. The highest BCUT2D eigenvalue weighted by atomic mass is 16.6. The van der Waals surface area contributed by atoms with Crippen molar-refractivity contribution in [1.82, 2.24) is 15.1 Å². The Labute approximate surface area is 213 Å². The highest BCUT2D eigenvalue weighted by Gasteiger charge is 2.52. The number of urea groups is 1. The van der Waals surface area contributed by atoms with Crippen molar-refractivity contribution in [3.05, 3.63) is 12.2 Å². The van der Waals surface area contributed by atoms with Crippen molar-refractivity contribution in [2.24, 2.45) is 17.8 Å². The van der Waals surface area contributed by atoms with Crippen LogP contribution < -0.4 is 5.32 Å². The number of nitrogens with one attached hydrogen (secondary N) is 1.